The first-order valence-corrected chi connectivity index (χ1v) is 3.49. The number of carbonyl (C=O) groups is 2. The number of hydrogen-bond donors (Lipinski definition) is 1. The Hall–Kier alpha value is -2.04. The van der Waals surface area contributed by atoms with Crippen molar-refractivity contribution in [1.82, 2.24) is 0 Å². The van der Waals surface area contributed by atoms with Gasteiger partial charge in [-0.1, -0.05) is 0 Å². The second-order valence-corrected chi connectivity index (χ2v) is 2.47. The van der Waals surface area contributed by atoms with E-state index in [1.165, 1.54) is 18.4 Å². The number of cyclic esters (lactones) is 2. The molecule has 2 aliphatic rings. The van der Waals surface area contributed by atoms with Crippen LogP contribution in [0, 0.1) is 0 Å². The summed E-state index contributed by atoms with van der Waals surface area (Å²) in [7, 11) is 0. The molecule has 66 valence electrons. The van der Waals surface area contributed by atoms with Crippen LogP contribution in [0.25, 0.3) is 0 Å². The van der Waals surface area contributed by atoms with Crippen molar-refractivity contribution in [2.24, 2.45) is 5.73 Å². The second-order valence-electron chi connectivity index (χ2n) is 2.47. The molecule has 2 N–H and O–H groups in total. The minimum absolute atomic E-state index is 0.0133. The van der Waals surface area contributed by atoms with Crippen molar-refractivity contribution in [3.63, 3.8) is 0 Å². The predicted molar refractivity (Wildman–Crippen MR) is 40.6 cm³/mol. The zero-order valence-corrected chi connectivity index (χ0v) is 6.44. The fourth-order valence-corrected chi connectivity index (χ4v) is 1.08. The molecule has 0 aliphatic carbocycles. The van der Waals surface area contributed by atoms with Gasteiger partial charge in [-0.2, -0.15) is 0 Å². The third-order valence-corrected chi connectivity index (χ3v) is 1.64. The van der Waals surface area contributed by atoms with Crippen LogP contribution in [0.1, 0.15) is 0 Å². The van der Waals surface area contributed by atoms with E-state index in [1.807, 2.05) is 0 Å². The third kappa shape index (κ3) is 1.10. The fourth-order valence-electron chi connectivity index (χ4n) is 1.08. The summed E-state index contributed by atoms with van der Waals surface area (Å²) in [6, 6.07) is 0. The summed E-state index contributed by atoms with van der Waals surface area (Å²) >= 11 is 0. The van der Waals surface area contributed by atoms with E-state index < -0.39 is 11.9 Å². The quantitative estimate of drug-likeness (QED) is 0.408. The van der Waals surface area contributed by atoms with Crippen molar-refractivity contribution in [3.05, 3.63) is 35.4 Å². The van der Waals surface area contributed by atoms with Crippen LogP contribution >= 0.6 is 0 Å². The highest BCUT2D eigenvalue weighted by molar-refractivity contribution is 6.07. The third-order valence-electron chi connectivity index (χ3n) is 1.64. The summed E-state index contributed by atoms with van der Waals surface area (Å²) in [5, 5.41) is 0. The Morgan fingerprint density at radius 2 is 1.92 bits per heavy atom. The molecule has 2 aliphatic heterocycles. The molecule has 0 saturated heterocycles. The van der Waals surface area contributed by atoms with Crippen LogP contribution in [0.3, 0.4) is 0 Å². The predicted octanol–water partition coefficient (Wildman–Crippen LogP) is -0.290. The van der Waals surface area contributed by atoms with Crippen molar-refractivity contribution >= 4 is 11.9 Å². The summed E-state index contributed by atoms with van der Waals surface area (Å²) in [6.45, 7) is 0. The Balaban J connectivity index is 2.49. The van der Waals surface area contributed by atoms with Gasteiger partial charge in [0.1, 0.15) is 0 Å². The van der Waals surface area contributed by atoms with Gasteiger partial charge in [-0.25, -0.2) is 9.59 Å². The molecule has 0 fully saturated rings. The number of rotatable bonds is 0. The van der Waals surface area contributed by atoms with Gasteiger partial charge in [0.2, 0.25) is 0 Å². The number of ether oxygens (including phenoxy) is 2. The molecule has 0 spiro atoms. The monoisotopic (exact) mass is 179 g/mol. The van der Waals surface area contributed by atoms with Crippen LogP contribution in [0.5, 0.6) is 0 Å². The molecule has 0 aromatic carbocycles. The van der Waals surface area contributed by atoms with Gasteiger partial charge in [0.25, 0.3) is 0 Å². The lowest BCUT2D eigenvalue weighted by atomic mass is 10.1. The summed E-state index contributed by atoms with van der Waals surface area (Å²) in [6.07, 6.45) is 3.91. The first-order chi connectivity index (χ1) is 6.18. The van der Waals surface area contributed by atoms with E-state index in [-0.39, 0.29) is 17.0 Å². The topological polar surface area (TPSA) is 78.6 Å². The summed E-state index contributed by atoms with van der Waals surface area (Å²) in [5.41, 5.74) is 5.54. The molecular formula is C8H5NO4. The smallest absolute Gasteiger partial charge is 0.345 e. The summed E-state index contributed by atoms with van der Waals surface area (Å²) in [4.78, 5) is 22.1. The summed E-state index contributed by atoms with van der Waals surface area (Å²) in [5.74, 6) is -1.21. The molecular weight excluding hydrogens is 174 g/mol. The van der Waals surface area contributed by atoms with E-state index in [4.69, 9.17) is 5.73 Å². The zero-order valence-electron chi connectivity index (χ0n) is 6.44. The maximum absolute atomic E-state index is 11.1. The number of esters is 2. The largest absolute Gasteiger partial charge is 0.431 e. The Morgan fingerprint density at radius 1 is 1.15 bits per heavy atom. The highest BCUT2D eigenvalue weighted by atomic mass is 16.6. The highest BCUT2D eigenvalue weighted by Crippen LogP contribution is 2.22. The lowest BCUT2D eigenvalue weighted by molar-refractivity contribution is -0.135. The Labute approximate surface area is 73.1 Å². The fraction of sp³-hybridized carbons (Fsp3) is 0. The molecule has 5 nitrogen and oxygen atoms in total. The molecule has 0 atom stereocenters. The maximum atomic E-state index is 11.1. The van der Waals surface area contributed by atoms with E-state index in [2.05, 4.69) is 9.47 Å². The average molecular weight is 179 g/mol. The summed E-state index contributed by atoms with van der Waals surface area (Å²) < 4.78 is 9.04. The lowest BCUT2D eigenvalue weighted by Gasteiger charge is -1.94. The van der Waals surface area contributed by atoms with Crippen LogP contribution in [-0.4, -0.2) is 11.9 Å². The van der Waals surface area contributed by atoms with Crippen LogP contribution < -0.4 is 5.73 Å². The van der Waals surface area contributed by atoms with Crippen molar-refractivity contribution in [3.8, 4) is 0 Å². The second kappa shape index (κ2) is 2.48. The van der Waals surface area contributed by atoms with Gasteiger partial charge < -0.3 is 15.2 Å². The SMILES string of the molecule is NC1=C/C(=C2/C=COC2=O)C(=O)O1. The minimum Gasteiger partial charge on any atom is -0.431 e. The van der Waals surface area contributed by atoms with Crippen LogP contribution in [0.4, 0.5) is 0 Å². The minimum atomic E-state index is -0.629. The van der Waals surface area contributed by atoms with Crippen LogP contribution in [-0.2, 0) is 19.1 Å². The van der Waals surface area contributed by atoms with Crippen LogP contribution in [0.2, 0.25) is 0 Å². The molecule has 13 heavy (non-hydrogen) atoms. The van der Waals surface area contributed by atoms with Crippen molar-refractivity contribution < 1.29 is 19.1 Å². The normalized spacial score (nSPS) is 26.0. The average Bonchev–Trinajstić information content (AvgIpc) is 2.58. The maximum Gasteiger partial charge on any atom is 0.345 e. The highest BCUT2D eigenvalue weighted by Gasteiger charge is 2.27. The van der Waals surface area contributed by atoms with Gasteiger partial charge in [-0.3, -0.25) is 0 Å². The van der Waals surface area contributed by atoms with E-state index in [0.717, 1.165) is 0 Å². The van der Waals surface area contributed by atoms with Crippen LogP contribution in [0.15, 0.2) is 35.4 Å². The zero-order chi connectivity index (χ0) is 9.42. The first kappa shape index (κ1) is 7.60. The van der Waals surface area contributed by atoms with Crippen molar-refractivity contribution in [2.75, 3.05) is 0 Å². The Kier molecular flexibility index (Phi) is 1.45. The first-order valence-electron chi connectivity index (χ1n) is 3.49. The van der Waals surface area contributed by atoms with Gasteiger partial charge in [0.15, 0.2) is 5.88 Å². The molecule has 5 heteroatoms. The van der Waals surface area contributed by atoms with Crippen molar-refractivity contribution in [1.29, 1.82) is 0 Å². The molecule has 0 saturated carbocycles. The van der Waals surface area contributed by atoms with Gasteiger partial charge in [0.05, 0.1) is 17.4 Å². The standard InChI is InChI=1S/C8H5NO4/c9-6-3-5(8(11)13-6)4-1-2-12-7(4)10/h1-3H,9H2/b5-4+. The molecule has 0 radical (unpaired) electrons. The number of nitrogens with two attached hydrogens (primary N) is 1. The van der Waals surface area contributed by atoms with E-state index in [0.29, 0.717) is 0 Å². The molecule has 0 unspecified atom stereocenters. The Bertz CT molecular complexity index is 389. The number of carbonyl (C=O) groups excluding carboxylic acids is 2. The number of hydrogen-bond acceptors (Lipinski definition) is 5. The molecule has 0 bridgehead atoms. The molecule has 0 aromatic rings. The molecule has 0 aromatic heterocycles. The lowest BCUT2D eigenvalue weighted by Crippen LogP contribution is -2.06. The Morgan fingerprint density at radius 3 is 2.38 bits per heavy atom. The van der Waals surface area contributed by atoms with Gasteiger partial charge in [-0.05, 0) is 6.08 Å². The molecule has 2 rings (SSSR count). The van der Waals surface area contributed by atoms with Gasteiger partial charge >= 0.3 is 11.9 Å². The van der Waals surface area contributed by atoms with E-state index in [1.54, 1.807) is 0 Å². The van der Waals surface area contributed by atoms with E-state index in [9.17, 15) is 9.59 Å². The molecule has 2 heterocycles. The van der Waals surface area contributed by atoms with E-state index >= 15 is 0 Å². The van der Waals surface area contributed by atoms with Gasteiger partial charge in [-0.15, -0.1) is 0 Å². The van der Waals surface area contributed by atoms with Crippen molar-refractivity contribution in [2.45, 2.75) is 0 Å². The van der Waals surface area contributed by atoms with Gasteiger partial charge in [0, 0.05) is 6.08 Å². The molecule has 0 amide bonds.